The third-order valence-corrected chi connectivity index (χ3v) is 3.62. The summed E-state index contributed by atoms with van der Waals surface area (Å²) >= 11 is 0. The molecule has 19 heavy (non-hydrogen) atoms. The molecule has 1 rings (SSSR count). The van der Waals surface area contributed by atoms with Gasteiger partial charge in [0.25, 0.3) is 0 Å². The summed E-state index contributed by atoms with van der Waals surface area (Å²) in [4.78, 5) is 27.3. The van der Waals surface area contributed by atoms with Crippen molar-refractivity contribution < 1.29 is 14.7 Å². The average molecular weight is 264 g/mol. The summed E-state index contributed by atoms with van der Waals surface area (Å²) in [6, 6.07) is 1.79. The van der Waals surface area contributed by atoms with Gasteiger partial charge < -0.3 is 10.4 Å². The first kappa shape index (κ1) is 15.1. The fraction of sp³-hybridized carbons (Fsp3) is 0.500. The Morgan fingerprint density at radius 3 is 2.47 bits per heavy atom. The molecule has 0 aliphatic heterocycles. The van der Waals surface area contributed by atoms with Crippen molar-refractivity contribution in [3.05, 3.63) is 24.0 Å². The minimum Gasteiger partial charge on any atom is -0.481 e. The van der Waals surface area contributed by atoms with E-state index in [4.69, 9.17) is 0 Å². The molecule has 0 aliphatic carbocycles. The van der Waals surface area contributed by atoms with E-state index in [1.165, 1.54) is 0 Å². The molecule has 0 fully saturated rings. The van der Waals surface area contributed by atoms with Crippen LogP contribution in [0.4, 0.5) is 5.69 Å². The summed E-state index contributed by atoms with van der Waals surface area (Å²) in [5.41, 5.74) is 0.538. The van der Waals surface area contributed by atoms with Crippen molar-refractivity contribution in [2.75, 3.05) is 5.32 Å². The number of hydrogen-bond donors (Lipinski definition) is 2. The zero-order chi connectivity index (χ0) is 14.5. The molecule has 0 radical (unpaired) electrons. The van der Waals surface area contributed by atoms with Crippen molar-refractivity contribution in [1.82, 2.24) is 4.98 Å². The number of nitrogens with zero attached hydrogens (tertiary/aromatic N) is 1. The third kappa shape index (κ3) is 3.53. The Balaban J connectivity index is 2.80. The zero-order valence-corrected chi connectivity index (χ0v) is 11.6. The number of aromatic nitrogens is 1. The lowest BCUT2D eigenvalue weighted by atomic mass is 9.79. The summed E-state index contributed by atoms with van der Waals surface area (Å²) in [7, 11) is 0. The number of anilines is 1. The number of carboxylic acids is 1. The van der Waals surface area contributed by atoms with Crippen LogP contribution in [0.3, 0.4) is 0 Å². The first-order valence-corrected chi connectivity index (χ1v) is 6.39. The van der Waals surface area contributed by atoms with Gasteiger partial charge in [-0.1, -0.05) is 13.8 Å². The quantitative estimate of drug-likeness (QED) is 0.827. The summed E-state index contributed by atoms with van der Waals surface area (Å²) in [5, 5.41) is 12.0. The molecular formula is C14H20N2O3. The molecule has 1 heterocycles. The molecule has 1 aromatic rings. The molecular weight excluding hydrogens is 244 g/mol. The summed E-state index contributed by atoms with van der Waals surface area (Å²) in [6.07, 6.45) is 4.04. The van der Waals surface area contributed by atoms with Crippen LogP contribution in [0.15, 0.2) is 18.5 Å². The molecule has 0 spiro atoms. The normalized spacial score (nSPS) is 11.1. The van der Waals surface area contributed by atoms with Gasteiger partial charge in [-0.15, -0.1) is 0 Å². The van der Waals surface area contributed by atoms with Gasteiger partial charge >= 0.3 is 5.97 Å². The third-order valence-electron chi connectivity index (χ3n) is 3.62. The Morgan fingerprint density at radius 1 is 1.37 bits per heavy atom. The van der Waals surface area contributed by atoms with Crippen LogP contribution < -0.4 is 5.32 Å². The maximum atomic E-state index is 12.0. The van der Waals surface area contributed by atoms with E-state index in [0.717, 1.165) is 5.56 Å². The van der Waals surface area contributed by atoms with Crippen molar-refractivity contribution in [3.63, 3.8) is 0 Å². The second-order valence-electron chi connectivity index (χ2n) is 4.71. The molecule has 0 saturated heterocycles. The number of nitrogens with one attached hydrogen (secondary N) is 1. The first-order valence-electron chi connectivity index (χ1n) is 6.39. The van der Waals surface area contributed by atoms with Crippen molar-refractivity contribution in [2.24, 2.45) is 5.41 Å². The van der Waals surface area contributed by atoms with Crippen LogP contribution in [-0.2, 0) is 9.59 Å². The number of carboxylic acid groups (broad SMARTS) is 1. The molecule has 0 bridgehead atoms. The minimum absolute atomic E-state index is 0.0241. The monoisotopic (exact) mass is 264 g/mol. The minimum atomic E-state index is -0.986. The van der Waals surface area contributed by atoms with Crippen molar-refractivity contribution in [2.45, 2.75) is 40.0 Å². The summed E-state index contributed by atoms with van der Waals surface area (Å²) in [6.45, 7) is 5.45. The van der Waals surface area contributed by atoms with Gasteiger partial charge in [-0.05, 0) is 31.4 Å². The zero-order valence-electron chi connectivity index (χ0n) is 11.6. The maximum Gasteiger partial charge on any atom is 0.310 e. The highest BCUT2D eigenvalue weighted by Crippen LogP contribution is 2.31. The molecule has 1 amide bonds. The van der Waals surface area contributed by atoms with Crippen LogP contribution in [0.2, 0.25) is 0 Å². The fourth-order valence-electron chi connectivity index (χ4n) is 1.97. The van der Waals surface area contributed by atoms with E-state index in [0.29, 0.717) is 18.5 Å². The molecule has 1 aromatic heterocycles. The number of amides is 1. The number of aryl methyl sites for hydroxylation is 1. The van der Waals surface area contributed by atoms with E-state index in [9.17, 15) is 14.7 Å². The first-order chi connectivity index (χ1) is 8.95. The molecule has 0 aromatic carbocycles. The predicted molar refractivity (Wildman–Crippen MR) is 72.9 cm³/mol. The van der Waals surface area contributed by atoms with Gasteiger partial charge in [0.2, 0.25) is 5.91 Å². The number of aliphatic carboxylic acids is 1. The van der Waals surface area contributed by atoms with Crippen LogP contribution in [0.5, 0.6) is 0 Å². The number of pyridine rings is 1. The lowest BCUT2D eigenvalue weighted by Crippen LogP contribution is -2.34. The van der Waals surface area contributed by atoms with Crippen molar-refractivity contribution >= 4 is 17.6 Å². The SMILES string of the molecule is CCC(CC)(CC(=O)Nc1cnccc1C)C(=O)O. The van der Waals surface area contributed by atoms with Crippen molar-refractivity contribution in [1.29, 1.82) is 0 Å². The Labute approximate surface area is 113 Å². The number of carbonyl (C=O) groups excluding carboxylic acids is 1. The molecule has 5 heteroatoms. The highest BCUT2D eigenvalue weighted by atomic mass is 16.4. The number of hydrogen-bond acceptors (Lipinski definition) is 3. The summed E-state index contributed by atoms with van der Waals surface area (Å²) in [5.74, 6) is -1.21. The Kier molecular flexibility index (Phi) is 5.03. The molecule has 5 nitrogen and oxygen atoms in total. The van der Waals surface area contributed by atoms with Gasteiger partial charge in [0, 0.05) is 12.6 Å². The number of carbonyl (C=O) groups is 2. The molecule has 104 valence electrons. The van der Waals surface area contributed by atoms with E-state index in [1.807, 2.05) is 6.92 Å². The van der Waals surface area contributed by atoms with Gasteiger partial charge in [0.15, 0.2) is 0 Å². The Bertz CT molecular complexity index is 468. The topological polar surface area (TPSA) is 79.3 Å². The van der Waals surface area contributed by atoms with Gasteiger partial charge in [-0.25, -0.2) is 0 Å². The van der Waals surface area contributed by atoms with Gasteiger partial charge in [-0.3, -0.25) is 14.6 Å². The van der Waals surface area contributed by atoms with E-state index in [-0.39, 0.29) is 12.3 Å². The molecule has 0 unspecified atom stereocenters. The van der Waals surface area contributed by atoms with E-state index in [2.05, 4.69) is 10.3 Å². The second kappa shape index (κ2) is 6.31. The van der Waals surface area contributed by atoms with E-state index < -0.39 is 11.4 Å². The van der Waals surface area contributed by atoms with E-state index in [1.54, 1.807) is 32.3 Å². The maximum absolute atomic E-state index is 12.0. The largest absolute Gasteiger partial charge is 0.481 e. The Morgan fingerprint density at radius 2 is 2.00 bits per heavy atom. The summed E-state index contributed by atoms with van der Waals surface area (Å²) < 4.78 is 0. The molecule has 0 aliphatic rings. The van der Waals surface area contributed by atoms with Crippen LogP contribution in [0.25, 0.3) is 0 Å². The second-order valence-corrected chi connectivity index (χ2v) is 4.71. The van der Waals surface area contributed by atoms with Crippen LogP contribution in [0, 0.1) is 12.3 Å². The van der Waals surface area contributed by atoms with Gasteiger partial charge in [-0.2, -0.15) is 0 Å². The highest BCUT2D eigenvalue weighted by Gasteiger charge is 2.37. The van der Waals surface area contributed by atoms with Crippen LogP contribution in [-0.4, -0.2) is 22.0 Å². The average Bonchev–Trinajstić information content (AvgIpc) is 2.38. The van der Waals surface area contributed by atoms with Crippen molar-refractivity contribution in [3.8, 4) is 0 Å². The Hall–Kier alpha value is -1.91. The lowest BCUT2D eigenvalue weighted by molar-refractivity contribution is -0.151. The highest BCUT2D eigenvalue weighted by molar-refractivity contribution is 5.94. The molecule has 0 saturated carbocycles. The molecule has 2 N–H and O–H groups in total. The van der Waals surface area contributed by atoms with Crippen LogP contribution >= 0.6 is 0 Å². The predicted octanol–water partition coefficient (Wildman–Crippen LogP) is 2.61. The van der Waals surface area contributed by atoms with E-state index >= 15 is 0 Å². The van der Waals surface area contributed by atoms with Gasteiger partial charge in [0.05, 0.1) is 17.3 Å². The molecule has 0 atom stereocenters. The van der Waals surface area contributed by atoms with Crippen LogP contribution in [0.1, 0.15) is 38.7 Å². The number of rotatable bonds is 6. The fourth-order valence-corrected chi connectivity index (χ4v) is 1.97. The van der Waals surface area contributed by atoms with Gasteiger partial charge in [0.1, 0.15) is 0 Å². The smallest absolute Gasteiger partial charge is 0.310 e. The standard InChI is InChI=1S/C14H20N2O3/c1-4-14(5-2,13(18)19)8-12(17)16-11-9-15-7-6-10(11)3/h6-7,9H,4-5,8H2,1-3H3,(H,16,17)(H,18,19). The lowest BCUT2D eigenvalue weighted by Gasteiger charge is -2.25.